The fraction of sp³-hybridized carbons (Fsp3) is 0.0909. The predicted octanol–water partition coefficient (Wildman–Crippen LogP) is 0.861. The molecule has 0 bridgehead atoms. The van der Waals surface area contributed by atoms with Crippen LogP contribution in [-0.4, -0.2) is 26.6 Å². The second-order valence-corrected chi connectivity index (χ2v) is 3.59. The zero-order valence-electron chi connectivity index (χ0n) is 8.47. The normalized spacial score (nSPS) is 13.6. The summed E-state index contributed by atoms with van der Waals surface area (Å²) in [7, 11) is 1.62. The van der Waals surface area contributed by atoms with Crippen molar-refractivity contribution in [3.63, 3.8) is 0 Å². The van der Waals surface area contributed by atoms with Crippen LogP contribution in [0.25, 0.3) is 11.3 Å². The van der Waals surface area contributed by atoms with Gasteiger partial charge < -0.3 is 0 Å². The Morgan fingerprint density at radius 1 is 0.938 bits per heavy atom. The molecular formula is C11H7N3O2. The lowest BCUT2D eigenvalue weighted by Crippen LogP contribution is -2.21. The molecule has 1 aromatic heterocycles. The lowest BCUT2D eigenvalue weighted by atomic mass is 9.90. The summed E-state index contributed by atoms with van der Waals surface area (Å²) in [6.07, 6.45) is 0. The van der Waals surface area contributed by atoms with E-state index in [0.717, 1.165) is 0 Å². The van der Waals surface area contributed by atoms with Crippen LogP contribution in [0.5, 0.6) is 0 Å². The molecule has 1 aromatic carbocycles. The standard InChI is InChI=1S/C11H7N3O2/c1-14-12-8-6-4-2-3-5-7(6)10(15)11(16)9(8)13-14/h2-5H,1H3. The van der Waals surface area contributed by atoms with Gasteiger partial charge in [0.1, 0.15) is 5.69 Å². The summed E-state index contributed by atoms with van der Waals surface area (Å²) in [4.78, 5) is 24.8. The molecular weight excluding hydrogens is 206 g/mol. The molecule has 0 aliphatic heterocycles. The van der Waals surface area contributed by atoms with Crippen LogP contribution in [-0.2, 0) is 7.05 Å². The third-order valence-electron chi connectivity index (χ3n) is 2.56. The first-order valence-corrected chi connectivity index (χ1v) is 4.78. The Bertz CT molecular complexity index is 628. The number of aryl methyl sites for hydroxylation is 1. The zero-order valence-corrected chi connectivity index (χ0v) is 8.47. The predicted molar refractivity (Wildman–Crippen MR) is 55.1 cm³/mol. The molecule has 16 heavy (non-hydrogen) atoms. The van der Waals surface area contributed by atoms with E-state index in [4.69, 9.17) is 0 Å². The molecule has 0 radical (unpaired) electrons. The van der Waals surface area contributed by atoms with Gasteiger partial charge in [0, 0.05) is 18.2 Å². The minimum atomic E-state index is -0.582. The molecule has 0 spiro atoms. The second kappa shape index (κ2) is 2.85. The van der Waals surface area contributed by atoms with Crippen molar-refractivity contribution in [1.82, 2.24) is 15.0 Å². The number of ketones is 2. The Morgan fingerprint density at radius 2 is 1.56 bits per heavy atom. The van der Waals surface area contributed by atoms with Crippen molar-refractivity contribution in [3.05, 3.63) is 35.5 Å². The highest BCUT2D eigenvalue weighted by atomic mass is 16.2. The van der Waals surface area contributed by atoms with Gasteiger partial charge in [0.05, 0.1) is 0 Å². The summed E-state index contributed by atoms with van der Waals surface area (Å²) in [6.45, 7) is 0. The summed E-state index contributed by atoms with van der Waals surface area (Å²) in [5.41, 5.74) is 1.71. The van der Waals surface area contributed by atoms with Crippen LogP contribution in [0.4, 0.5) is 0 Å². The fourth-order valence-electron chi connectivity index (χ4n) is 1.86. The lowest BCUT2D eigenvalue weighted by Gasteiger charge is -2.10. The monoisotopic (exact) mass is 213 g/mol. The summed E-state index contributed by atoms with van der Waals surface area (Å²) in [6, 6.07) is 6.94. The molecule has 1 heterocycles. The van der Waals surface area contributed by atoms with Gasteiger partial charge in [0.2, 0.25) is 5.78 Å². The van der Waals surface area contributed by atoms with Gasteiger partial charge in [0.15, 0.2) is 5.69 Å². The first-order chi connectivity index (χ1) is 7.68. The number of benzene rings is 1. The van der Waals surface area contributed by atoms with Crippen LogP contribution in [0.3, 0.4) is 0 Å². The van der Waals surface area contributed by atoms with Crippen molar-refractivity contribution in [2.75, 3.05) is 0 Å². The molecule has 0 N–H and O–H groups in total. The molecule has 0 unspecified atom stereocenters. The minimum absolute atomic E-state index is 0.145. The molecule has 0 atom stereocenters. The fourth-order valence-corrected chi connectivity index (χ4v) is 1.86. The van der Waals surface area contributed by atoms with Gasteiger partial charge in [0.25, 0.3) is 5.78 Å². The van der Waals surface area contributed by atoms with E-state index in [1.54, 1.807) is 31.3 Å². The summed E-state index contributed by atoms with van der Waals surface area (Å²) in [5, 5.41) is 8.03. The van der Waals surface area contributed by atoms with E-state index in [0.29, 0.717) is 16.8 Å². The van der Waals surface area contributed by atoms with E-state index in [1.807, 2.05) is 0 Å². The van der Waals surface area contributed by atoms with Crippen molar-refractivity contribution in [2.45, 2.75) is 0 Å². The highest BCUT2D eigenvalue weighted by Crippen LogP contribution is 2.30. The van der Waals surface area contributed by atoms with Crippen LogP contribution in [0.2, 0.25) is 0 Å². The van der Waals surface area contributed by atoms with Gasteiger partial charge in [-0.1, -0.05) is 24.3 Å². The topological polar surface area (TPSA) is 64.8 Å². The summed E-state index contributed by atoms with van der Waals surface area (Å²) in [5.74, 6) is -1.09. The maximum absolute atomic E-state index is 11.8. The second-order valence-electron chi connectivity index (χ2n) is 3.59. The minimum Gasteiger partial charge on any atom is -0.285 e. The number of hydrogen-bond donors (Lipinski definition) is 0. The zero-order chi connectivity index (χ0) is 11.3. The van der Waals surface area contributed by atoms with E-state index in [9.17, 15) is 9.59 Å². The number of carbonyl (C=O) groups is 2. The van der Waals surface area contributed by atoms with Gasteiger partial charge in [-0.15, -0.1) is 5.10 Å². The van der Waals surface area contributed by atoms with Gasteiger partial charge in [-0.3, -0.25) is 9.59 Å². The van der Waals surface area contributed by atoms with Crippen LogP contribution in [0.1, 0.15) is 20.8 Å². The average Bonchev–Trinajstić information content (AvgIpc) is 2.68. The molecule has 78 valence electrons. The molecule has 1 aliphatic rings. The molecule has 2 aromatic rings. The van der Waals surface area contributed by atoms with E-state index in [1.165, 1.54) is 4.80 Å². The van der Waals surface area contributed by atoms with Crippen molar-refractivity contribution in [1.29, 1.82) is 0 Å². The van der Waals surface area contributed by atoms with E-state index in [2.05, 4.69) is 10.2 Å². The first-order valence-electron chi connectivity index (χ1n) is 4.78. The number of nitrogens with zero attached hydrogens (tertiary/aromatic N) is 3. The Morgan fingerprint density at radius 3 is 2.31 bits per heavy atom. The van der Waals surface area contributed by atoms with Gasteiger partial charge in [-0.2, -0.15) is 9.90 Å². The highest BCUT2D eigenvalue weighted by Gasteiger charge is 2.33. The summed E-state index contributed by atoms with van der Waals surface area (Å²) < 4.78 is 0. The molecule has 3 rings (SSSR count). The van der Waals surface area contributed by atoms with Crippen LogP contribution in [0, 0.1) is 0 Å². The number of rotatable bonds is 0. The maximum atomic E-state index is 11.8. The average molecular weight is 213 g/mol. The van der Waals surface area contributed by atoms with Gasteiger partial charge in [-0.25, -0.2) is 0 Å². The Hall–Kier alpha value is -2.30. The van der Waals surface area contributed by atoms with Gasteiger partial charge in [-0.05, 0) is 0 Å². The Kier molecular flexibility index (Phi) is 1.60. The molecule has 5 nitrogen and oxygen atoms in total. The first kappa shape index (κ1) is 8.96. The molecule has 0 fully saturated rings. The quantitative estimate of drug-likeness (QED) is 0.609. The van der Waals surface area contributed by atoms with Gasteiger partial charge >= 0.3 is 0 Å². The third-order valence-corrected chi connectivity index (χ3v) is 2.56. The molecule has 0 saturated carbocycles. The summed E-state index contributed by atoms with van der Waals surface area (Å²) >= 11 is 0. The molecule has 5 heteroatoms. The van der Waals surface area contributed by atoms with E-state index in [-0.39, 0.29) is 5.69 Å². The Labute approximate surface area is 90.7 Å². The third kappa shape index (κ3) is 0.995. The van der Waals surface area contributed by atoms with Crippen molar-refractivity contribution >= 4 is 11.6 Å². The van der Waals surface area contributed by atoms with Crippen LogP contribution >= 0.6 is 0 Å². The van der Waals surface area contributed by atoms with E-state index < -0.39 is 11.6 Å². The molecule has 1 aliphatic carbocycles. The lowest BCUT2D eigenvalue weighted by molar-refractivity contribution is 0.0812. The highest BCUT2D eigenvalue weighted by molar-refractivity contribution is 6.52. The number of hydrogen-bond acceptors (Lipinski definition) is 4. The molecule has 0 amide bonds. The van der Waals surface area contributed by atoms with Crippen LogP contribution in [0.15, 0.2) is 24.3 Å². The maximum Gasteiger partial charge on any atom is 0.256 e. The van der Waals surface area contributed by atoms with E-state index >= 15 is 0 Å². The van der Waals surface area contributed by atoms with Crippen molar-refractivity contribution < 1.29 is 9.59 Å². The molecule has 0 saturated heterocycles. The number of Topliss-reactive ketones (excluding diaryl/α,β-unsaturated/α-hetero) is 2. The van der Waals surface area contributed by atoms with Crippen molar-refractivity contribution in [2.24, 2.45) is 7.05 Å². The van der Waals surface area contributed by atoms with Crippen LogP contribution < -0.4 is 0 Å². The van der Waals surface area contributed by atoms with Crippen molar-refractivity contribution in [3.8, 4) is 11.3 Å². The Balaban J connectivity index is 2.41. The number of aromatic nitrogens is 3. The SMILES string of the molecule is Cn1nc2c(n1)-c1ccccc1C(=O)C2=O. The largest absolute Gasteiger partial charge is 0.285 e. The number of fused-ring (bicyclic) bond motifs is 3. The smallest absolute Gasteiger partial charge is 0.256 e. The number of carbonyl (C=O) groups excluding carboxylic acids is 2.